The van der Waals surface area contributed by atoms with Crippen LogP contribution in [0.15, 0.2) is 36.5 Å². The van der Waals surface area contributed by atoms with E-state index in [9.17, 15) is 5.11 Å². The van der Waals surface area contributed by atoms with Gasteiger partial charge < -0.3 is 19.6 Å². The second-order valence-corrected chi connectivity index (χ2v) is 6.29. The monoisotopic (exact) mass is 323 g/mol. The molecule has 0 saturated carbocycles. The molecule has 3 aromatic rings. The molecular formula is C19H21N3O2. The molecule has 0 saturated heterocycles. The van der Waals surface area contributed by atoms with Crippen molar-refractivity contribution in [3.63, 3.8) is 0 Å². The quantitative estimate of drug-likeness (QED) is 0.761. The number of benzene rings is 1. The fourth-order valence-electron chi connectivity index (χ4n) is 3.62. The summed E-state index contributed by atoms with van der Waals surface area (Å²) in [6.45, 7) is 4.57. The number of methoxy groups -OCH3 is 1. The molecule has 0 amide bonds. The molecule has 0 bridgehead atoms. The van der Waals surface area contributed by atoms with E-state index in [1.165, 1.54) is 0 Å². The zero-order valence-corrected chi connectivity index (χ0v) is 14.1. The van der Waals surface area contributed by atoms with Gasteiger partial charge in [0.05, 0.1) is 24.6 Å². The number of aromatic nitrogens is 2. The number of aryl methyl sites for hydroxylation is 2. The largest absolute Gasteiger partial charge is 0.496 e. The third-order valence-electron chi connectivity index (χ3n) is 4.98. The number of pyridine rings is 1. The van der Waals surface area contributed by atoms with Crippen LogP contribution in [0.3, 0.4) is 0 Å². The molecule has 0 spiro atoms. The summed E-state index contributed by atoms with van der Waals surface area (Å²) in [5.74, 6) is 0.657. The van der Waals surface area contributed by atoms with Gasteiger partial charge in [0, 0.05) is 29.9 Å². The Morgan fingerprint density at radius 1 is 1.21 bits per heavy atom. The van der Waals surface area contributed by atoms with Crippen molar-refractivity contribution in [3.05, 3.63) is 59.0 Å². The Kier molecular flexibility index (Phi) is 3.46. The Hall–Kier alpha value is -2.53. The van der Waals surface area contributed by atoms with E-state index in [-0.39, 0.29) is 5.92 Å². The van der Waals surface area contributed by atoms with E-state index in [1.54, 1.807) is 7.11 Å². The first-order valence-electron chi connectivity index (χ1n) is 8.15. The molecule has 3 heterocycles. The highest BCUT2D eigenvalue weighted by atomic mass is 16.5. The Morgan fingerprint density at radius 3 is 2.79 bits per heavy atom. The number of rotatable bonds is 2. The number of aliphatic hydroxyl groups excluding tert-OH is 1. The van der Waals surface area contributed by atoms with Gasteiger partial charge in [-0.3, -0.25) is 0 Å². The van der Waals surface area contributed by atoms with Gasteiger partial charge in [0.2, 0.25) is 0 Å². The molecule has 1 aromatic carbocycles. The number of para-hydroxylation sites is 1. The molecular weight excluding hydrogens is 302 g/mol. The molecule has 0 fully saturated rings. The lowest BCUT2D eigenvalue weighted by molar-refractivity contribution is 0.164. The van der Waals surface area contributed by atoms with E-state index in [0.29, 0.717) is 6.54 Å². The molecule has 4 rings (SSSR count). The van der Waals surface area contributed by atoms with Crippen molar-refractivity contribution >= 4 is 11.3 Å². The molecule has 5 heteroatoms. The topological polar surface area (TPSA) is 58.8 Å². The first-order valence-corrected chi connectivity index (χ1v) is 8.15. The van der Waals surface area contributed by atoms with Crippen LogP contribution in [-0.2, 0) is 0 Å². The van der Waals surface area contributed by atoms with Crippen LogP contribution in [0.4, 0.5) is 5.69 Å². The van der Waals surface area contributed by atoms with Crippen LogP contribution < -0.4 is 10.1 Å². The molecule has 2 N–H and O–H groups in total. The highest BCUT2D eigenvalue weighted by molar-refractivity contribution is 5.76. The molecule has 5 nitrogen and oxygen atoms in total. The maximum absolute atomic E-state index is 10.7. The molecule has 124 valence electrons. The number of aliphatic hydroxyl groups is 1. The van der Waals surface area contributed by atoms with Crippen LogP contribution in [0.1, 0.15) is 28.4 Å². The van der Waals surface area contributed by atoms with E-state index in [0.717, 1.165) is 39.6 Å². The van der Waals surface area contributed by atoms with Gasteiger partial charge in [-0.2, -0.15) is 0 Å². The Bertz CT molecular complexity index is 916. The minimum atomic E-state index is -0.520. The average Bonchev–Trinajstić information content (AvgIpc) is 2.89. The van der Waals surface area contributed by atoms with Crippen molar-refractivity contribution in [1.29, 1.82) is 0 Å². The van der Waals surface area contributed by atoms with E-state index in [2.05, 4.69) is 22.7 Å². The summed E-state index contributed by atoms with van der Waals surface area (Å²) in [6.07, 6.45) is 1.51. The summed E-state index contributed by atoms with van der Waals surface area (Å²) in [5.41, 5.74) is 6.11. The second kappa shape index (κ2) is 5.53. The minimum Gasteiger partial charge on any atom is -0.496 e. The molecule has 1 aliphatic heterocycles. The van der Waals surface area contributed by atoms with Gasteiger partial charge in [-0.25, -0.2) is 4.98 Å². The van der Waals surface area contributed by atoms with Gasteiger partial charge in [-0.15, -0.1) is 0 Å². The molecule has 0 radical (unpaired) electrons. The molecule has 2 atom stereocenters. The zero-order chi connectivity index (χ0) is 16.8. The number of imidazole rings is 1. The summed E-state index contributed by atoms with van der Waals surface area (Å²) in [4.78, 5) is 4.71. The van der Waals surface area contributed by atoms with Crippen molar-refractivity contribution in [2.75, 3.05) is 19.0 Å². The van der Waals surface area contributed by atoms with Crippen LogP contribution in [0.5, 0.6) is 5.75 Å². The zero-order valence-electron chi connectivity index (χ0n) is 14.1. The van der Waals surface area contributed by atoms with Crippen molar-refractivity contribution < 1.29 is 9.84 Å². The lowest BCUT2D eigenvalue weighted by Gasteiger charge is -2.32. The number of anilines is 1. The number of hydrogen-bond acceptors (Lipinski definition) is 4. The van der Waals surface area contributed by atoms with Crippen LogP contribution in [0, 0.1) is 13.8 Å². The predicted molar refractivity (Wildman–Crippen MR) is 94.0 cm³/mol. The van der Waals surface area contributed by atoms with Gasteiger partial charge in [0.15, 0.2) is 5.65 Å². The van der Waals surface area contributed by atoms with Gasteiger partial charge in [-0.1, -0.05) is 18.2 Å². The summed E-state index contributed by atoms with van der Waals surface area (Å²) in [6, 6.07) is 9.96. The number of fused-ring (bicyclic) bond motifs is 3. The van der Waals surface area contributed by atoms with Crippen molar-refractivity contribution in [3.8, 4) is 5.75 Å². The first kappa shape index (κ1) is 15.0. The second-order valence-electron chi connectivity index (χ2n) is 6.29. The van der Waals surface area contributed by atoms with Gasteiger partial charge >= 0.3 is 0 Å². The molecule has 0 aliphatic carbocycles. The van der Waals surface area contributed by atoms with E-state index < -0.39 is 6.10 Å². The molecule has 1 aliphatic rings. The van der Waals surface area contributed by atoms with E-state index in [1.807, 2.05) is 37.4 Å². The Morgan fingerprint density at radius 2 is 2.00 bits per heavy atom. The first-order chi connectivity index (χ1) is 11.6. The lowest BCUT2D eigenvalue weighted by Crippen LogP contribution is -2.33. The van der Waals surface area contributed by atoms with Crippen molar-refractivity contribution in [2.24, 2.45) is 0 Å². The SMILES string of the molecule is COc1ccccc1[C@H]1c2ccn3c(C)c(C)nc3c2NC[C@H]1O. The summed E-state index contributed by atoms with van der Waals surface area (Å²) < 4.78 is 7.62. The third kappa shape index (κ3) is 2.08. The van der Waals surface area contributed by atoms with E-state index in [4.69, 9.17) is 9.72 Å². The third-order valence-corrected chi connectivity index (χ3v) is 4.98. The maximum atomic E-state index is 10.7. The minimum absolute atomic E-state index is 0.139. The van der Waals surface area contributed by atoms with Crippen LogP contribution in [0.2, 0.25) is 0 Å². The molecule has 0 unspecified atom stereocenters. The van der Waals surface area contributed by atoms with Crippen LogP contribution >= 0.6 is 0 Å². The highest BCUT2D eigenvalue weighted by Gasteiger charge is 2.33. The summed E-state index contributed by atoms with van der Waals surface area (Å²) in [5, 5.41) is 14.0. The van der Waals surface area contributed by atoms with Gasteiger partial charge in [0.25, 0.3) is 0 Å². The average molecular weight is 323 g/mol. The lowest BCUT2D eigenvalue weighted by atomic mass is 9.83. The molecule has 24 heavy (non-hydrogen) atoms. The van der Waals surface area contributed by atoms with Gasteiger partial charge in [-0.05, 0) is 31.5 Å². The summed E-state index contributed by atoms with van der Waals surface area (Å²) in [7, 11) is 1.66. The number of nitrogens with zero attached hydrogens (tertiary/aromatic N) is 2. The standard InChI is InChI=1S/C19H21N3O2/c1-11-12(2)22-9-8-14-17(13-6-4-5-7-16(13)24-3)15(23)10-20-18(14)19(22)21-11/h4-9,15,17,20,23H,10H2,1-3H3/t15-,17+/m1/s1. The van der Waals surface area contributed by atoms with Crippen molar-refractivity contribution in [2.45, 2.75) is 25.9 Å². The summed E-state index contributed by atoms with van der Waals surface area (Å²) >= 11 is 0. The fourth-order valence-corrected chi connectivity index (χ4v) is 3.62. The Balaban J connectivity index is 1.95. The highest BCUT2D eigenvalue weighted by Crippen LogP contribution is 2.41. The number of hydrogen-bond donors (Lipinski definition) is 2. The van der Waals surface area contributed by atoms with Crippen molar-refractivity contribution in [1.82, 2.24) is 9.38 Å². The smallest absolute Gasteiger partial charge is 0.161 e. The number of ether oxygens (including phenoxy) is 1. The number of β-amino-alcohol motifs (C(OH)–C–C–N with tert-alkyl or cyclic N) is 1. The van der Waals surface area contributed by atoms with E-state index >= 15 is 0 Å². The van der Waals surface area contributed by atoms with Crippen LogP contribution in [0.25, 0.3) is 5.65 Å². The molecule has 2 aromatic heterocycles. The Labute approximate surface area is 140 Å². The van der Waals surface area contributed by atoms with Gasteiger partial charge in [0.1, 0.15) is 5.75 Å². The normalized spacial score (nSPS) is 19.8. The number of nitrogens with one attached hydrogen (secondary N) is 1. The fraction of sp³-hybridized carbons (Fsp3) is 0.316. The predicted octanol–water partition coefficient (Wildman–Crippen LogP) is 2.88. The maximum Gasteiger partial charge on any atom is 0.161 e. The van der Waals surface area contributed by atoms with Crippen LogP contribution in [-0.4, -0.2) is 34.2 Å².